The van der Waals surface area contributed by atoms with Crippen LogP contribution in [0.4, 0.5) is 4.39 Å². The first-order valence-electron chi connectivity index (χ1n) is 6.21. The molecule has 1 saturated heterocycles. The first kappa shape index (κ1) is 16.3. The van der Waals surface area contributed by atoms with E-state index in [4.69, 9.17) is 9.84 Å². The van der Waals surface area contributed by atoms with E-state index in [1.165, 1.54) is 12.1 Å². The first-order valence-corrected chi connectivity index (χ1v) is 6.21. The Hall–Kier alpha value is -2.07. The van der Waals surface area contributed by atoms with Gasteiger partial charge in [-0.2, -0.15) is 0 Å². The second-order valence-electron chi connectivity index (χ2n) is 4.62. The number of carboxylic acid groups (broad SMARTS) is 1. The number of carbonyl (C=O) groups is 2. The molecule has 0 spiro atoms. The van der Waals surface area contributed by atoms with Gasteiger partial charge in [0, 0.05) is 0 Å². The van der Waals surface area contributed by atoms with E-state index in [-0.39, 0.29) is 0 Å². The Morgan fingerprint density at radius 1 is 1.14 bits per heavy atom. The molecule has 4 N–H and O–H groups in total. The molecule has 0 bridgehead atoms. The predicted octanol–water partition coefficient (Wildman–Crippen LogP) is -1.13. The van der Waals surface area contributed by atoms with Gasteiger partial charge in [-0.15, -0.1) is 0 Å². The van der Waals surface area contributed by atoms with Crippen LogP contribution in [0.1, 0.15) is 10.4 Å². The highest BCUT2D eigenvalue weighted by Crippen LogP contribution is 2.24. The summed E-state index contributed by atoms with van der Waals surface area (Å²) < 4.78 is 22.7. The zero-order valence-corrected chi connectivity index (χ0v) is 11.0. The number of hydrogen-bond donors (Lipinski definition) is 4. The fourth-order valence-electron chi connectivity index (χ4n) is 2.01. The van der Waals surface area contributed by atoms with E-state index >= 15 is 0 Å². The predicted molar refractivity (Wildman–Crippen MR) is 66.1 cm³/mol. The number of rotatable bonds is 3. The first-order chi connectivity index (χ1) is 10.3. The number of esters is 1. The molecule has 5 atom stereocenters. The molecule has 0 saturated carbocycles. The lowest BCUT2D eigenvalue weighted by atomic mass is 9.98. The molecule has 8 nitrogen and oxygen atoms in total. The van der Waals surface area contributed by atoms with Crippen molar-refractivity contribution in [3.63, 3.8) is 0 Å². The summed E-state index contributed by atoms with van der Waals surface area (Å²) in [7, 11) is 0. The van der Waals surface area contributed by atoms with Gasteiger partial charge in [-0.25, -0.2) is 14.0 Å². The molecular formula is C13H13FO8. The number of carboxylic acids is 1. The number of aliphatic carboxylic acids is 1. The number of aliphatic hydroxyl groups is 3. The number of ether oxygens (including phenoxy) is 2. The minimum atomic E-state index is -1.98. The third-order valence-electron chi connectivity index (χ3n) is 3.14. The van der Waals surface area contributed by atoms with Crippen molar-refractivity contribution in [3.8, 4) is 0 Å². The molecule has 1 aromatic carbocycles. The van der Waals surface area contributed by atoms with Crippen molar-refractivity contribution in [1.29, 1.82) is 0 Å². The summed E-state index contributed by atoms with van der Waals surface area (Å²) >= 11 is 0. The van der Waals surface area contributed by atoms with Crippen molar-refractivity contribution in [1.82, 2.24) is 0 Å². The zero-order chi connectivity index (χ0) is 16.4. The molecule has 0 amide bonds. The van der Waals surface area contributed by atoms with Crippen molar-refractivity contribution < 1.29 is 43.9 Å². The highest BCUT2D eigenvalue weighted by molar-refractivity contribution is 5.89. The summed E-state index contributed by atoms with van der Waals surface area (Å²) in [5.41, 5.74) is -0.463. The van der Waals surface area contributed by atoms with Crippen molar-refractivity contribution in [2.45, 2.75) is 30.7 Å². The average Bonchev–Trinajstić information content (AvgIpc) is 2.47. The molecule has 1 fully saturated rings. The van der Waals surface area contributed by atoms with Crippen LogP contribution in [0.5, 0.6) is 0 Å². The Balaban J connectivity index is 2.20. The molecule has 1 aromatic rings. The number of benzene rings is 1. The summed E-state index contributed by atoms with van der Waals surface area (Å²) in [6.45, 7) is 0. The lowest BCUT2D eigenvalue weighted by molar-refractivity contribution is -0.279. The smallest absolute Gasteiger partial charge is 0.341 e. The van der Waals surface area contributed by atoms with Crippen LogP contribution in [0.25, 0.3) is 0 Å². The maximum atomic E-state index is 13.5. The molecule has 0 aromatic heterocycles. The summed E-state index contributed by atoms with van der Waals surface area (Å²) in [6, 6.07) is 4.82. The molecule has 120 valence electrons. The van der Waals surface area contributed by atoms with Crippen LogP contribution in [-0.4, -0.2) is 63.1 Å². The molecule has 0 radical (unpaired) electrons. The number of halogens is 1. The van der Waals surface area contributed by atoms with Crippen LogP contribution in [0.2, 0.25) is 0 Å². The quantitative estimate of drug-likeness (QED) is 0.515. The molecule has 1 aliphatic rings. The molecule has 0 unspecified atom stereocenters. The summed E-state index contributed by atoms with van der Waals surface area (Å²) in [4.78, 5) is 22.7. The molecule has 9 heteroatoms. The monoisotopic (exact) mass is 316 g/mol. The Morgan fingerprint density at radius 2 is 1.77 bits per heavy atom. The molecule has 1 aliphatic heterocycles. The number of hydrogen-bond acceptors (Lipinski definition) is 7. The van der Waals surface area contributed by atoms with E-state index in [1.807, 2.05) is 0 Å². The van der Waals surface area contributed by atoms with Gasteiger partial charge < -0.3 is 29.9 Å². The fraction of sp³-hybridized carbons (Fsp3) is 0.385. The van der Waals surface area contributed by atoms with Crippen LogP contribution in [0.15, 0.2) is 24.3 Å². The van der Waals surface area contributed by atoms with Gasteiger partial charge in [0.1, 0.15) is 18.0 Å². The van der Waals surface area contributed by atoms with Gasteiger partial charge in [-0.05, 0) is 12.1 Å². The van der Waals surface area contributed by atoms with E-state index in [9.17, 15) is 29.3 Å². The fourth-order valence-corrected chi connectivity index (χ4v) is 2.01. The Bertz CT molecular complexity index is 577. The van der Waals surface area contributed by atoms with Gasteiger partial charge in [-0.1, -0.05) is 12.1 Å². The van der Waals surface area contributed by atoms with Crippen molar-refractivity contribution in [2.24, 2.45) is 0 Å². The third kappa shape index (κ3) is 3.07. The summed E-state index contributed by atoms with van der Waals surface area (Å²) in [6.07, 6.45) is -9.51. The van der Waals surface area contributed by atoms with Gasteiger partial charge in [0.05, 0.1) is 5.56 Å². The topological polar surface area (TPSA) is 134 Å². The Morgan fingerprint density at radius 3 is 2.36 bits per heavy atom. The maximum absolute atomic E-state index is 13.5. The van der Waals surface area contributed by atoms with Gasteiger partial charge in [-0.3, -0.25) is 0 Å². The Labute approximate surface area is 123 Å². The minimum absolute atomic E-state index is 0.463. The van der Waals surface area contributed by atoms with Gasteiger partial charge in [0.25, 0.3) is 0 Å². The van der Waals surface area contributed by atoms with Gasteiger partial charge >= 0.3 is 11.9 Å². The molecule has 1 heterocycles. The highest BCUT2D eigenvalue weighted by Gasteiger charge is 2.49. The van der Waals surface area contributed by atoms with Crippen molar-refractivity contribution in [2.75, 3.05) is 0 Å². The van der Waals surface area contributed by atoms with E-state index in [0.29, 0.717) is 0 Å². The molecule has 2 rings (SSSR count). The van der Waals surface area contributed by atoms with E-state index < -0.39 is 54.0 Å². The molecular weight excluding hydrogens is 303 g/mol. The second-order valence-corrected chi connectivity index (χ2v) is 4.62. The lowest BCUT2D eigenvalue weighted by Gasteiger charge is -2.38. The normalized spacial score (nSPS) is 31.5. The van der Waals surface area contributed by atoms with Crippen LogP contribution >= 0.6 is 0 Å². The van der Waals surface area contributed by atoms with E-state index in [0.717, 1.165) is 12.1 Å². The van der Waals surface area contributed by atoms with Crippen LogP contribution in [-0.2, 0) is 14.3 Å². The average molecular weight is 316 g/mol. The highest BCUT2D eigenvalue weighted by atomic mass is 19.1. The van der Waals surface area contributed by atoms with Gasteiger partial charge in [0.15, 0.2) is 18.5 Å². The summed E-state index contributed by atoms with van der Waals surface area (Å²) in [5.74, 6) is -3.73. The molecule has 0 aliphatic carbocycles. The maximum Gasteiger partial charge on any atom is 0.341 e. The van der Waals surface area contributed by atoms with E-state index in [2.05, 4.69) is 4.74 Å². The number of carbonyl (C=O) groups excluding carboxylic acids is 1. The molecule has 22 heavy (non-hydrogen) atoms. The van der Waals surface area contributed by atoms with Crippen LogP contribution in [0, 0.1) is 5.82 Å². The minimum Gasteiger partial charge on any atom is -0.479 e. The SMILES string of the molecule is O=C(O[C@@H]1[C@@H](O)[C@@H](O)O[C@H](C(=O)O)[C@H]1O)c1ccccc1F. The summed E-state index contributed by atoms with van der Waals surface area (Å²) in [5, 5.41) is 37.7. The van der Waals surface area contributed by atoms with Crippen molar-refractivity contribution in [3.05, 3.63) is 35.6 Å². The second kappa shape index (κ2) is 6.36. The van der Waals surface area contributed by atoms with Crippen LogP contribution in [0.3, 0.4) is 0 Å². The lowest BCUT2D eigenvalue weighted by Crippen LogP contribution is -2.61. The number of aliphatic hydroxyl groups excluding tert-OH is 3. The Kier molecular flexibility index (Phi) is 4.71. The van der Waals surface area contributed by atoms with Crippen LogP contribution < -0.4 is 0 Å². The third-order valence-corrected chi connectivity index (χ3v) is 3.14. The zero-order valence-electron chi connectivity index (χ0n) is 11.0. The van der Waals surface area contributed by atoms with Crippen molar-refractivity contribution >= 4 is 11.9 Å². The van der Waals surface area contributed by atoms with E-state index in [1.54, 1.807) is 0 Å². The van der Waals surface area contributed by atoms with Gasteiger partial charge in [0.2, 0.25) is 0 Å². The standard InChI is InChI=1S/C13H13FO8/c14-6-4-2-1-3-5(6)12(19)21-9-7(15)10(11(17)18)22-13(20)8(9)16/h1-4,7-10,13,15-16,20H,(H,17,18)/t7-,8+,9-,10-,13-/m0/s1. The largest absolute Gasteiger partial charge is 0.479 e.